The van der Waals surface area contributed by atoms with Gasteiger partial charge in [-0.2, -0.15) is 0 Å². The summed E-state index contributed by atoms with van der Waals surface area (Å²) in [6, 6.07) is 18.5. The van der Waals surface area contributed by atoms with Gasteiger partial charge < -0.3 is 24.3 Å². The van der Waals surface area contributed by atoms with E-state index in [-0.39, 0.29) is 5.91 Å². The van der Waals surface area contributed by atoms with Crippen molar-refractivity contribution in [2.24, 2.45) is 0 Å². The molecule has 186 valence electrons. The number of hydrogen-bond acceptors (Lipinski definition) is 4. The lowest BCUT2D eigenvalue weighted by Crippen LogP contribution is -2.39. The average molecular weight is 476 g/mol. The summed E-state index contributed by atoms with van der Waals surface area (Å²) in [5.41, 5.74) is 4.38. The monoisotopic (exact) mass is 475 g/mol. The van der Waals surface area contributed by atoms with Gasteiger partial charge in [0, 0.05) is 30.9 Å². The Bertz CT molecular complexity index is 1140. The van der Waals surface area contributed by atoms with Crippen LogP contribution in [0.5, 0.6) is 11.5 Å². The number of piperidine rings is 1. The van der Waals surface area contributed by atoms with Crippen LogP contribution in [0.3, 0.4) is 0 Å². The lowest BCUT2D eigenvalue weighted by atomic mass is 10.0. The van der Waals surface area contributed by atoms with Gasteiger partial charge in [-0.05, 0) is 63.4 Å². The molecule has 1 aromatic heterocycles. The number of nitrogens with one attached hydrogen (secondary N) is 1. The van der Waals surface area contributed by atoms with Crippen LogP contribution in [-0.2, 0) is 0 Å². The van der Waals surface area contributed by atoms with Crippen molar-refractivity contribution in [2.75, 3.05) is 33.9 Å². The van der Waals surface area contributed by atoms with Crippen LogP contribution in [0.25, 0.3) is 16.9 Å². The predicted octanol–water partition coefficient (Wildman–Crippen LogP) is 5.46. The molecule has 6 heteroatoms. The normalized spacial score (nSPS) is 16.2. The standard InChI is InChI=1S/C29H37N3O3/c1-21-11-8-9-17-31(21)18-10-16-30-29(33)25-20-27(23-12-6-5-7-13-23)32(22(25)2)26-15-14-24(34-3)19-28(26)35-4/h5-7,12-15,19-21H,8-11,16-18H2,1-4H3,(H,30,33). The third kappa shape index (κ3) is 5.54. The largest absolute Gasteiger partial charge is 0.497 e. The minimum atomic E-state index is -0.0439. The highest BCUT2D eigenvalue weighted by Gasteiger charge is 2.22. The molecule has 4 rings (SSSR count). The third-order valence-corrected chi connectivity index (χ3v) is 7.04. The molecule has 1 N–H and O–H groups in total. The maximum Gasteiger partial charge on any atom is 0.253 e. The van der Waals surface area contributed by atoms with Gasteiger partial charge in [-0.3, -0.25) is 4.79 Å². The second kappa shape index (κ2) is 11.5. The number of hydrogen-bond donors (Lipinski definition) is 1. The van der Waals surface area contributed by atoms with Crippen LogP contribution in [0.15, 0.2) is 54.6 Å². The fourth-order valence-electron chi connectivity index (χ4n) is 5.01. The van der Waals surface area contributed by atoms with E-state index in [1.807, 2.05) is 49.4 Å². The number of carbonyl (C=O) groups excluding carboxylic acids is 1. The molecule has 1 fully saturated rings. The zero-order valence-electron chi connectivity index (χ0n) is 21.3. The first-order valence-electron chi connectivity index (χ1n) is 12.6. The highest BCUT2D eigenvalue weighted by molar-refractivity contribution is 5.97. The molecular weight excluding hydrogens is 438 g/mol. The molecule has 1 aliphatic rings. The highest BCUT2D eigenvalue weighted by atomic mass is 16.5. The van der Waals surface area contributed by atoms with Crippen molar-refractivity contribution in [1.82, 2.24) is 14.8 Å². The van der Waals surface area contributed by atoms with Crippen LogP contribution < -0.4 is 14.8 Å². The summed E-state index contributed by atoms with van der Waals surface area (Å²) in [5, 5.41) is 3.15. The predicted molar refractivity (Wildman–Crippen MR) is 141 cm³/mol. The van der Waals surface area contributed by atoms with Gasteiger partial charge >= 0.3 is 0 Å². The fourth-order valence-corrected chi connectivity index (χ4v) is 5.01. The van der Waals surface area contributed by atoms with Crippen molar-refractivity contribution in [3.8, 4) is 28.4 Å². The van der Waals surface area contributed by atoms with Gasteiger partial charge in [-0.15, -0.1) is 0 Å². The zero-order valence-corrected chi connectivity index (χ0v) is 21.3. The second-order valence-electron chi connectivity index (χ2n) is 9.26. The molecule has 0 radical (unpaired) electrons. The smallest absolute Gasteiger partial charge is 0.253 e. The molecule has 3 aromatic rings. The molecule has 0 aliphatic carbocycles. The maximum absolute atomic E-state index is 13.3. The maximum atomic E-state index is 13.3. The Hall–Kier alpha value is -3.25. The summed E-state index contributed by atoms with van der Waals surface area (Å²) in [7, 11) is 3.29. The second-order valence-corrected chi connectivity index (χ2v) is 9.26. The molecule has 35 heavy (non-hydrogen) atoms. The van der Waals surface area contributed by atoms with Gasteiger partial charge in [0.25, 0.3) is 5.91 Å². The molecule has 1 atom stereocenters. The van der Waals surface area contributed by atoms with Crippen LogP contribution in [0, 0.1) is 6.92 Å². The van der Waals surface area contributed by atoms with Gasteiger partial charge in [-0.1, -0.05) is 36.8 Å². The first-order valence-corrected chi connectivity index (χ1v) is 12.6. The summed E-state index contributed by atoms with van der Waals surface area (Å²) in [5.74, 6) is 1.36. The highest BCUT2D eigenvalue weighted by Crippen LogP contribution is 2.35. The summed E-state index contributed by atoms with van der Waals surface area (Å²) in [6.07, 6.45) is 4.83. The van der Waals surface area contributed by atoms with E-state index in [0.29, 0.717) is 23.9 Å². The minimum absolute atomic E-state index is 0.0439. The van der Waals surface area contributed by atoms with Crippen molar-refractivity contribution < 1.29 is 14.3 Å². The van der Waals surface area contributed by atoms with Crippen LogP contribution >= 0.6 is 0 Å². The van der Waals surface area contributed by atoms with Crippen molar-refractivity contribution in [1.29, 1.82) is 0 Å². The summed E-state index contributed by atoms with van der Waals surface area (Å²) >= 11 is 0. The van der Waals surface area contributed by atoms with Gasteiger partial charge in [0.05, 0.1) is 31.2 Å². The first kappa shape index (κ1) is 24.9. The van der Waals surface area contributed by atoms with Crippen LogP contribution in [-0.4, -0.2) is 55.3 Å². The number of ether oxygens (including phenoxy) is 2. The Balaban J connectivity index is 1.59. The lowest BCUT2D eigenvalue weighted by molar-refractivity contribution is 0.0948. The van der Waals surface area contributed by atoms with Crippen molar-refractivity contribution in [3.05, 3.63) is 65.9 Å². The van der Waals surface area contributed by atoms with Crippen LogP contribution in [0.1, 0.15) is 48.7 Å². The number of aromatic nitrogens is 1. The van der Waals surface area contributed by atoms with Gasteiger partial charge in [-0.25, -0.2) is 0 Å². The van der Waals surface area contributed by atoms with E-state index >= 15 is 0 Å². The fraction of sp³-hybridized carbons (Fsp3) is 0.414. The number of carbonyl (C=O) groups is 1. The van der Waals surface area contributed by atoms with Crippen LogP contribution in [0.4, 0.5) is 0 Å². The van der Waals surface area contributed by atoms with E-state index in [2.05, 4.69) is 33.8 Å². The number of rotatable bonds is 9. The van der Waals surface area contributed by atoms with E-state index in [1.165, 1.54) is 25.8 Å². The molecule has 0 saturated carbocycles. The van der Waals surface area contributed by atoms with E-state index in [9.17, 15) is 4.79 Å². The average Bonchev–Trinajstić information content (AvgIpc) is 3.24. The third-order valence-electron chi connectivity index (χ3n) is 7.04. The van der Waals surface area contributed by atoms with Gasteiger partial charge in [0.1, 0.15) is 11.5 Å². The van der Waals surface area contributed by atoms with Gasteiger partial charge in [0.15, 0.2) is 0 Å². The molecular formula is C29H37N3O3. The topological polar surface area (TPSA) is 55.7 Å². The Labute approximate surface area is 208 Å². The van der Waals surface area contributed by atoms with Crippen LogP contribution in [0.2, 0.25) is 0 Å². The molecule has 0 spiro atoms. The number of benzene rings is 2. The van der Waals surface area contributed by atoms with Gasteiger partial charge in [0.2, 0.25) is 0 Å². The van der Waals surface area contributed by atoms with E-state index in [0.717, 1.165) is 41.4 Å². The molecule has 1 saturated heterocycles. The van der Waals surface area contributed by atoms with Crippen molar-refractivity contribution in [2.45, 2.75) is 45.6 Å². The number of amides is 1. The Morgan fingerprint density at radius 1 is 1.06 bits per heavy atom. The molecule has 2 heterocycles. The van der Waals surface area contributed by atoms with Crippen molar-refractivity contribution >= 4 is 5.91 Å². The van der Waals surface area contributed by atoms with E-state index in [1.54, 1.807) is 14.2 Å². The molecule has 2 aromatic carbocycles. The quantitative estimate of drug-likeness (QED) is 0.417. The summed E-state index contributed by atoms with van der Waals surface area (Å²) < 4.78 is 13.2. The molecule has 1 amide bonds. The first-order chi connectivity index (χ1) is 17.0. The lowest BCUT2D eigenvalue weighted by Gasteiger charge is -2.33. The molecule has 1 aliphatic heterocycles. The zero-order chi connectivity index (χ0) is 24.8. The Morgan fingerprint density at radius 3 is 2.57 bits per heavy atom. The summed E-state index contributed by atoms with van der Waals surface area (Å²) in [4.78, 5) is 15.8. The van der Waals surface area contributed by atoms with E-state index < -0.39 is 0 Å². The molecule has 0 bridgehead atoms. The number of nitrogens with zero attached hydrogens (tertiary/aromatic N) is 2. The van der Waals surface area contributed by atoms with E-state index in [4.69, 9.17) is 9.47 Å². The minimum Gasteiger partial charge on any atom is -0.497 e. The Morgan fingerprint density at radius 2 is 1.86 bits per heavy atom. The molecule has 1 unspecified atom stereocenters. The Kier molecular flexibility index (Phi) is 8.13. The summed E-state index contributed by atoms with van der Waals surface area (Å²) in [6.45, 7) is 7.16. The molecule has 6 nitrogen and oxygen atoms in total. The SMILES string of the molecule is COc1ccc(-n2c(-c3ccccc3)cc(C(=O)NCCCN3CCCCC3C)c2C)c(OC)c1. The number of methoxy groups -OCH3 is 2. The number of likely N-dealkylation sites (tertiary alicyclic amines) is 1. The van der Waals surface area contributed by atoms with Crippen molar-refractivity contribution in [3.63, 3.8) is 0 Å².